The van der Waals surface area contributed by atoms with E-state index in [4.69, 9.17) is 5.11 Å². The number of carboxylic acid groups (broad SMARTS) is 1. The molecule has 3 heteroatoms. The van der Waals surface area contributed by atoms with E-state index in [1.54, 1.807) is 24.3 Å². The summed E-state index contributed by atoms with van der Waals surface area (Å²) in [6.45, 7) is 1.83. The second-order valence-electron chi connectivity index (χ2n) is 3.32. The Hall–Kier alpha value is -1.64. The van der Waals surface area contributed by atoms with Crippen molar-refractivity contribution in [1.82, 2.24) is 0 Å². The predicted octanol–water partition coefficient (Wildman–Crippen LogP) is 1.76. The van der Waals surface area contributed by atoms with Crippen molar-refractivity contribution in [3.63, 3.8) is 0 Å². The number of hydrogen-bond acceptors (Lipinski definition) is 2. The van der Waals surface area contributed by atoms with Crippen LogP contribution in [0.25, 0.3) is 0 Å². The number of aldehydes is 1. The Morgan fingerprint density at radius 1 is 1.43 bits per heavy atom. The highest BCUT2D eigenvalue weighted by Crippen LogP contribution is 2.08. The first kappa shape index (κ1) is 10.4. The van der Waals surface area contributed by atoms with Crippen LogP contribution in [0.2, 0.25) is 0 Å². The molecule has 0 heterocycles. The van der Waals surface area contributed by atoms with Crippen molar-refractivity contribution >= 4 is 12.3 Å². The molecule has 3 nitrogen and oxygen atoms in total. The van der Waals surface area contributed by atoms with E-state index in [9.17, 15) is 9.59 Å². The molecule has 0 saturated heterocycles. The van der Waals surface area contributed by atoms with Gasteiger partial charge in [-0.15, -0.1) is 0 Å². The van der Waals surface area contributed by atoms with Crippen LogP contribution < -0.4 is 0 Å². The Labute approximate surface area is 82.4 Å². The van der Waals surface area contributed by atoms with Crippen LogP contribution in [0.5, 0.6) is 0 Å². The molecule has 0 amide bonds. The van der Waals surface area contributed by atoms with Gasteiger partial charge in [0.05, 0.1) is 5.56 Å². The maximum Gasteiger partial charge on any atom is 0.335 e. The highest BCUT2D eigenvalue weighted by atomic mass is 16.4. The molecule has 0 aliphatic rings. The van der Waals surface area contributed by atoms with Crippen molar-refractivity contribution in [2.24, 2.45) is 5.92 Å². The zero-order chi connectivity index (χ0) is 10.6. The van der Waals surface area contributed by atoms with Gasteiger partial charge in [0.2, 0.25) is 0 Å². The molecular formula is C11H12O3. The maximum atomic E-state index is 10.5. The van der Waals surface area contributed by atoms with E-state index in [2.05, 4.69) is 0 Å². The van der Waals surface area contributed by atoms with Crippen molar-refractivity contribution in [3.8, 4) is 0 Å². The fraction of sp³-hybridized carbons (Fsp3) is 0.273. The van der Waals surface area contributed by atoms with Crippen molar-refractivity contribution < 1.29 is 14.7 Å². The van der Waals surface area contributed by atoms with Gasteiger partial charge in [-0.25, -0.2) is 4.79 Å². The molecule has 0 fully saturated rings. The molecule has 0 aliphatic heterocycles. The normalized spacial score (nSPS) is 12.1. The van der Waals surface area contributed by atoms with Crippen molar-refractivity contribution in [3.05, 3.63) is 35.4 Å². The van der Waals surface area contributed by atoms with Gasteiger partial charge in [-0.05, 0) is 24.1 Å². The molecule has 1 atom stereocenters. The number of rotatable bonds is 4. The van der Waals surface area contributed by atoms with Crippen LogP contribution in [0.15, 0.2) is 24.3 Å². The van der Waals surface area contributed by atoms with E-state index < -0.39 is 5.97 Å². The maximum absolute atomic E-state index is 10.5. The Morgan fingerprint density at radius 2 is 2.00 bits per heavy atom. The minimum Gasteiger partial charge on any atom is -0.478 e. The molecule has 0 aromatic heterocycles. The molecule has 14 heavy (non-hydrogen) atoms. The van der Waals surface area contributed by atoms with E-state index in [1.807, 2.05) is 6.92 Å². The first-order valence-corrected chi connectivity index (χ1v) is 4.41. The summed E-state index contributed by atoms with van der Waals surface area (Å²) >= 11 is 0. The highest BCUT2D eigenvalue weighted by molar-refractivity contribution is 5.87. The average molecular weight is 192 g/mol. The molecule has 1 aromatic rings. The Kier molecular flexibility index (Phi) is 3.40. The zero-order valence-corrected chi connectivity index (χ0v) is 7.93. The van der Waals surface area contributed by atoms with Crippen LogP contribution in [-0.2, 0) is 11.2 Å². The van der Waals surface area contributed by atoms with Crippen molar-refractivity contribution in [1.29, 1.82) is 0 Å². The highest BCUT2D eigenvalue weighted by Gasteiger charge is 2.04. The summed E-state index contributed by atoms with van der Waals surface area (Å²) in [7, 11) is 0. The number of carbonyl (C=O) groups is 2. The summed E-state index contributed by atoms with van der Waals surface area (Å²) in [6.07, 6.45) is 1.55. The molecular weight excluding hydrogens is 180 g/mol. The summed E-state index contributed by atoms with van der Waals surface area (Å²) in [5, 5.41) is 8.65. The fourth-order valence-electron chi connectivity index (χ4n) is 1.20. The third kappa shape index (κ3) is 2.69. The second kappa shape index (κ2) is 4.56. The van der Waals surface area contributed by atoms with Gasteiger partial charge in [0.1, 0.15) is 6.29 Å². The van der Waals surface area contributed by atoms with Crippen LogP contribution >= 0.6 is 0 Å². The molecule has 1 rings (SSSR count). The Bertz CT molecular complexity index is 327. The van der Waals surface area contributed by atoms with Gasteiger partial charge in [-0.2, -0.15) is 0 Å². The van der Waals surface area contributed by atoms with Crippen LogP contribution in [0.4, 0.5) is 0 Å². The van der Waals surface area contributed by atoms with Crippen molar-refractivity contribution in [2.75, 3.05) is 0 Å². The lowest BCUT2D eigenvalue weighted by atomic mass is 10.0. The van der Waals surface area contributed by atoms with Crippen LogP contribution in [0.3, 0.4) is 0 Å². The molecule has 0 spiro atoms. The smallest absolute Gasteiger partial charge is 0.335 e. The summed E-state index contributed by atoms with van der Waals surface area (Å²) in [4.78, 5) is 20.9. The van der Waals surface area contributed by atoms with E-state index in [-0.39, 0.29) is 11.5 Å². The third-order valence-corrected chi connectivity index (χ3v) is 1.99. The quantitative estimate of drug-likeness (QED) is 0.739. The topological polar surface area (TPSA) is 54.4 Å². The van der Waals surface area contributed by atoms with Gasteiger partial charge in [-0.1, -0.05) is 19.1 Å². The number of carbonyl (C=O) groups excluding carboxylic acids is 1. The Morgan fingerprint density at radius 3 is 2.43 bits per heavy atom. The summed E-state index contributed by atoms with van der Waals surface area (Å²) in [5.74, 6) is -0.953. The number of benzene rings is 1. The Balaban J connectivity index is 2.73. The lowest BCUT2D eigenvalue weighted by Gasteiger charge is -2.03. The van der Waals surface area contributed by atoms with Crippen LogP contribution in [0.1, 0.15) is 22.8 Å². The van der Waals surface area contributed by atoms with Gasteiger partial charge in [0, 0.05) is 5.92 Å². The fourth-order valence-corrected chi connectivity index (χ4v) is 1.20. The molecule has 0 saturated carbocycles. The number of carboxylic acids is 1. The molecule has 0 aliphatic carbocycles. The van der Waals surface area contributed by atoms with Crippen LogP contribution in [0, 0.1) is 5.92 Å². The lowest BCUT2D eigenvalue weighted by molar-refractivity contribution is -0.110. The minimum absolute atomic E-state index is 0.0225. The molecule has 1 N–H and O–H groups in total. The number of hydrogen-bond donors (Lipinski definition) is 1. The predicted molar refractivity (Wildman–Crippen MR) is 52.3 cm³/mol. The van der Waals surface area contributed by atoms with E-state index in [0.29, 0.717) is 6.42 Å². The first-order chi connectivity index (χ1) is 6.63. The van der Waals surface area contributed by atoms with E-state index in [1.165, 1.54) is 0 Å². The molecule has 1 unspecified atom stereocenters. The largest absolute Gasteiger partial charge is 0.478 e. The summed E-state index contributed by atoms with van der Waals surface area (Å²) in [6, 6.07) is 6.58. The molecule has 0 bridgehead atoms. The van der Waals surface area contributed by atoms with E-state index >= 15 is 0 Å². The van der Waals surface area contributed by atoms with Crippen molar-refractivity contribution in [2.45, 2.75) is 13.3 Å². The standard InChI is InChI=1S/C11H12O3/c1-8(7-12)6-9-2-4-10(5-3-9)11(13)14/h2-5,7-8H,6H2,1H3,(H,13,14). The second-order valence-corrected chi connectivity index (χ2v) is 3.32. The summed E-state index contributed by atoms with van der Waals surface area (Å²) in [5.41, 5.74) is 1.25. The monoisotopic (exact) mass is 192 g/mol. The first-order valence-electron chi connectivity index (χ1n) is 4.41. The minimum atomic E-state index is -0.931. The van der Waals surface area contributed by atoms with Gasteiger partial charge >= 0.3 is 5.97 Å². The third-order valence-electron chi connectivity index (χ3n) is 1.99. The summed E-state index contributed by atoms with van der Waals surface area (Å²) < 4.78 is 0. The van der Waals surface area contributed by atoms with Gasteiger partial charge in [-0.3, -0.25) is 0 Å². The average Bonchev–Trinajstić information content (AvgIpc) is 2.18. The zero-order valence-electron chi connectivity index (χ0n) is 7.93. The molecule has 0 radical (unpaired) electrons. The molecule has 1 aromatic carbocycles. The van der Waals surface area contributed by atoms with Gasteiger partial charge in [0.15, 0.2) is 0 Å². The number of aromatic carboxylic acids is 1. The van der Waals surface area contributed by atoms with Gasteiger partial charge in [0.25, 0.3) is 0 Å². The SMILES string of the molecule is CC(C=O)Cc1ccc(C(=O)O)cc1. The van der Waals surface area contributed by atoms with Gasteiger partial charge < -0.3 is 9.90 Å². The lowest BCUT2D eigenvalue weighted by Crippen LogP contribution is -2.01. The molecule has 74 valence electrons. The van der Waals surface area contributed by atoms with E-state index in [0.717, 1.165) is 11.8 Å². The van der Waals surface area contributed by atoms with Crippen LogP contribution in [-0.4, -0.2) is 17.4 Å².